The van der Waals surface area contributed by atoms with Crippen molar-refractivity contribution in [3.05, 3.63) is 24.0 Å². The Morgan fingerprint density at radius 3 is 2.94 bits per heavy atom. The number of rotatable bonds is 4. The average Bonchev–Trinajstić information content (AvgIpc) is 2.76. The SMILES string of the molecule is Cc1ccc(N2CCC(CNC(C)C)C2)cn1. The van der Waals surface area contributed by atoms with Gasteiger partial charge < -0.3 is 10.2 Å². The molecule has 0 aromatic carbocycles. The van der Waals surface area contributed by atoms with Gasteiger partial charge >= 0.3 is 0 Å². The van der Waals surface area contributed by atoms with Crippen LogP contribution < -0.4 is 10.2 Å². The lowest BCUT2D eigenvalue weighted by molar-refractivity contribution is 0.480. The van der Waals surface area contributed by atoms with Crippen LogP contribution in [0.25, 0.3) is 0 Å². The third-order valence-electron chi connectivity index (χ3n) is 3.36. The van der Waals surface area contributed by atoms with Crippen LogP contribution in [-0.2, 0) is 0 Å². The Bertz CT molecular complexity index is 345. The minimum Gasteiger partial charge on any atom is -0.370 e. The number of aromatic nitrogens is 1. The van der Waals surface area contributed by atoms with Crippen molar-refractivity contribution in [2.45, 2.75) is 33.2 Å². The van der Waals surface area contributed by atoms with E-state index in [1.54, 1.807) is 0 Å². The van der Waals surface area contributed by atoms with Crippen LogP contribution in [0.15, 0.2) is 18.3 Å². The highest BCUT2D eigenvalue weighted by atomic mass is 15.2. The van der Waals surface area contributed by atoms with Gasteiger partial charge in [0.1, 0.15) is 0 Å². The third kappa shape index (κ3) is 3.43. The summed E-state index contributed by atoms with van der Waals surface area (Å²) in [5, 5.41) is 3.53. The van der Waals surface area contributed by atoms with E-state index >= 15 is 0 Å². The van der Waals surface area contributed by atoms with Crippen LogP contribution in [0.4, 0.5) is 5.69 Å². The molecule has 1 aromatic rings. The number of hydrogen-bond donors (Lipinski definition) is 1. The molecule has 1 saturated heterocycles. The van der Waals surface area contributed by atoms with Crippen molar-refractivity contribution in [1.82, 2.24) is 10.3 Å². The second-order valence-corrected chi connectivity index (χ2v) is 5.32. The van der Waals surface area contributed by atoms with Gasteiger partial charge in [-0.1, -0.05) is 13.8 Å². The van der Waals surface area contributed by atoms with Gasteiger partial charge in [0, 0.05) is 24.8 Å². The lowest BCUT2D eigenvalue weighted by Crippen LogP contribution is -2.30. The van der Waals surface area contributed by atoms with Gasteiger partial charge in [0.25, 0.3) is 0 Å². The molecule has 1 atom stereocenters. The highest BCUT2D eigenvalue weighted by Crippen LogP contribution is 2.22. The first-order valence-electron chi connectivity index (χ1n) is 6.56. The second kappa shape index (κ2) is 5.50. The van der Waals surface area contributed by atoms with Crippen molar-refractivity contribution in [2.24, 2.45) is 5.92 Å². The van der Waals surface area contributed by atoms with Gasteiger partial charge in [0.2, 0.25) is 0 Å². The molecular weight excluding hydrogens is 210 g/mol. The predicted molar refractivity (Wildman–Crippen MR) is 72.4 cm³/mol. The van der Waals surface area contributed by atoms with Crippen LogP contribution in [0.5, 0.6) is 0 Å². The van der Waals surface area contributed by atoms with Gasteiger partial charge in [0.15, 0.2) is 0 Å². The Hall–Kier alpha value is -1.09. The maximum Gasteiger partial charge on any atom is 0.0553 e. The van der Waals surface area contributed by atoms with Crippen LogP contribution in [0.3, 0.4) is 0 Å². The fourth-order valence-corrected chi connectivity index (χ4v) is 2.28. The van der Waals surface area contributed by atoms with Gasteiger partial charge in [-0.15, -0.1) is 0 Å². The molecule has 1 unspecified atom stereocenters. The molecule has 0 aliphatic carbocycles. The molecule has 1 fully saturated rings. The Morgan fingerprint density at radius 1 is 1.47 bits per heavy atom. The van der Waals surface area contributed by atoms with Crippen molar-refractivity contribution < 1.29 is 0 Å². The van der Waals surface area contributed by atoms with Crippen molar-refractivity contribution in [2.75, 3.05) is 24.5 Å². The summed E-state index contributed by atoms with van der Waals surface area (Å²) in [6, 6.07) is 4.86. The van der Waals surface area contributed by atoms with Gasteiger partial charge in [-0.05, 0) is 37.9 Å². The van der Waals surface area contributed by atoms with Crippen molar-refractivity contribution >= 4 is 5.69 Å². The number of hydrogen-bond acceptors (Lipinski definition) is 3. The summed E-state index contributed by atoms with van der Waals surface area (Å²) in [5.74, 6) is 0.777. The molecule has 1 N–H and O–H groups in total. The summed E-state index contributed by atoms with van der Waals surface area (Å²) < 4.78 is 0. The fourth-order valence-electron chi connectivity index (χ4n) is 2.28. The zero-order chi connectivity index (χ0) is 12.3. The van der Waals surface area contributed by atoms with E-state index in [1.165, 1.54) is 12.1 Å². The quantitative estimate of drug-likeness (QED) is 0.864. The zero-order valence-electron chi connectivity index (χ0n) is 11.1. The minimum absolute atomic E-state index is 0.588. The van der Waals surface area contributed by atoms with E-state index in [0.717, 1.165) is 31.2 Å². The number of nitrogens with one attached hydrogen (secondary N) is 1. The maximum absolute atomic E-state index is 4.37. The molecule has 3 heteroatoms. The van der Waals surface area contributed by atoms with Crippen LogP contribution in [0.2, 0.25) is 0 Å². The smallest absolute Gasteiger partial charge is 0.0553 e. The number of aryl methyl sites for hydroxylation is 1. The normalized spacial score (nSPS) is 20.2. The Labute approximate surface area is 104 Å². The Balaban J connectivity index is 1.87. The highest BCUT2D eigenvalue weighted by molar-refractivity contribution is 5.45. The summed E-state index contributed by atoms with van der Waals surface area (Å²) in [7, 11) is 0. The van der Waals surface area contributed by atoms with Gasteiger partial charge in [-0.3, -0.25) is 4.98 Å². The molecule has 0 bridgehead atoms. The molecule has 0 amide bonds. The molecule has 0 spiro atoms. The second-order valence-electron chi connectivity index (χ2n) is 5.32. The topological polar surface area (TPSA) is 28.2 Å². The zero-order valence-corrected chi connectivity index (χ0v) is 11.1. The Kier molecular flexibility index (Phi) is 4.00. The van der Waals surface area contributed by atoms with E-state index in [9.17, 15) is 0 Å². The van der Waals surface area contributed by atoms with E-state index < -0.39 is 0 Å². The molecule has 17 heavy (non-hydrogen) atoms. The first-order valence-corrected chi connectivity index (χ1v) is 6.56. The Morgan fingerprint density at radius 2 is 2.29 bits per heavy atom. The van der Waals surface area contributed by atoms with Gasteiger partial charge in [-0.2, -0.15) is 0 Å². The molecule has 3 nitrogen and oxygen atoms in total. The van der Waals surface area contributed by atoms with Crippen LogP contribution in [-0.4, -0.2) is 30.7 Å². The van der Waals surface area contributed by atoms with Crippen molar-refractivity contribution in [1.29, 1.82) is 0 Å². The van der Waals surface area contributed by atoms with Gasteiger partial charge in [-0.25, -0.2) is 0 Å². The summed E-state index contributed by atoms with van der Waals surface area (Å²) in [6.07, 6.45) is 3.28. The van der Waals surface area contributed by atoms with Crippen LogP contribution >= 0.6 is 0 Å². The molecule has 1 aliphatic heterocycles. The number of pyridine rings is 1. The van der Waals surface area contributed by atoms with Crippen LogP contribution in [0.1, 0.15) is 26.0 Å². The molecular formula is C14H23N3. The lowest BCUT2D eigenvalue weighted by Gasteiger charge is -2.19. The summed E-state index contributed by atoms with van der Waals surface area (Å²) in [6.45, 7) is 9.89. The highest BCUT2D eigenvalue weighted by Gasteiger charge is 2.22. The molecule has 2 heterocycles. The van der Waals surface area contributed by atoms with Gasteiger partial charge in [0.05, 0.1) is 11.9 Å². The molecule has 0 saturated carbocycles. The molecule has 1 aliphatic rings. The number of nitrogens with zero attached hydrogens (tertiary/aromatic N) is 2. The standard InChI is InChI=1S/C14H23N3/c1-11(2)15-8-13-6-7-17(10-13)14-5-4-12(3)16-9-14/h4-5,9,11,13,15H,6-8,10H2,1-3H3. The summed E-state index contributed by atoms with van der Waals surface area (Å²) in [5.41, 5.74) is 2.36. The van der Waals surface area contributed by atoms with Crippen molar-refractivity contribution in [3.63, 3.8) is 0 Å². The molecule has 1 aromatic heterocycles. The minimum atomic E-state index is 0.588. The van der Waals surface area contributed by atoms with E-state index in [2.05, 4.69) is 41.2 Å². The fraction of sp³-hybridized carbons (Fsp3) is 0.643. The lowest BCUT2D eigenvalue weighted by atomic mass is 10.1. The van der Waals surface area contributed by atoms with E-state index in [1.807, 2.05) is 13.1 Å². The maximum atomic E-state index is 4.37. The largest absolute Gasteiger partial charge is 0.370 e. The van der Waals surface area contributed by atoms with E-state index in [4.69, 9.17) is 0 Å². The average molecular weight is 233 g/mol. The molecule has 94 valence electrons. The van der Waals surface area contributed by atoms with Crippen molar-refractivity contribution in [3.8, 4) is 0 Å². The first-order chi connectivity index (χ1) is 8.15. The molecule has 2 rings (SSSR count). The number of anilines is 1. The van der Waals surface area contributed by atoms with E-state index in [0.29, 0.717) is 6.04 Å². The summed E-state index contributed by atoms with van der Waals surface area (Å²) in [4.78, 5) is 6.81. The first kappa shape index (κ1) is 12.4. The monoisotopic (exact) mass is 233 g/mol. The summed E-state index contributed by atoms with van der Waals surface area (Å²) >= 11 is 0. The van der Waals surface area contributed by atoms with Crippen LogP contribution in [0, 0.1) is 12.8 Å². The third-order valence-corrected chi connectivity index (χ3v) is 3.36. The van der Waals surface area contributed by atoms with E-state index in [-0.39, 0.29) is 0 Å². The molecule has 0 radical (unpaired) electrons. The predicted octanol–water partition coefficient (Wildman–Crippen LogP) is 2.21.